The van der Waals surface area contributed by atoms with Crippen LogP contribution < -0.4 is 10.6 Å². The number of carboxylic acid groups (broad SMARTS) is 1. The zero-order valence-electron chi connectivity index (χ0n) is 11.8. The number of nitrogens with one attached hydrogen (secondary N) is 2. The van der Waals surface area contributed by atoms with Gasteiger partial charge in [0.2, 0.25) is 0 Å². The van der Waals surface area contributed by atoms with E-state index >= 15 is 0 Å². The first kappa shape index (κ1) is 13.9. The van der Waals surface area contributed by atoms with Crippen LogP contribution in [0.1, 0.15) is 37.2 Å². The molecule has 0 bridgehead atoms. The second-order valence-electron chi connectivity index (χ2n) is 6.02. The van der Waals surface area contributed by atoms with Crippen molar-refractivity contribution in [1.82, 2.24) is 10.6 Å². The van der Waals surface area contributed by atoms with Crippen molar-refractivity contribution in [3.05, 3.63) is 35.9 Å². The number of carbonyl (C=O) groups is 2. The predicted octanol–water partition coefficient (Wildman–Crippen LogP) is 2.09. The number of aliphatic carboxylic acids is 1. The molecule has 5 nitrogen and oxygen atoms in total. The lowest BCUT2D eigenvalue weighted by Crippen LogP contribution is -2.42. The minimum atomic E-state index is -0.758. The summed E-state index contributed by atoms with van der Waals surface area (Å²) < 4.78 is 0. The maximum Gasteiger partial charge on any atom is 0.315 e. The molecule has 0 aliphatic heterocycles. The first-order valence-electron chi connectivity index (χ1n) is 7.48. The van der Waals surface area contributed by atoms with Crippen LogP contribution in [0.2, 0.25) is 0 Å². The first-order chi connectivity index (χ1) is 10.1. The van der Waals surface area contributed by atoms with Crippen molar-refractivity contribution in [1.29, 1.82) is 0 Å². The third-order valence-corrected chi connectivity index (χ3v) is 4.45. The summed E-state index contributed by atoms with van der Waals surface area (Å²) in [6, 6.07) is 10.2. The summed E-state index contributed by atoms with van der Waals surface area (Å²) in [7, 11) is 0. The van der Waals surface area contributed by atoms with E-state index in [0.717, 1.165) is 12.8 Å². The molecule has 0 aromatic heterocycles. The number of rotatable bonds is 4. The van der Waals surface area contributed by atoms with E-state index in [0.29, 0.717) is 18.8 Å². The molecule has 2 amide bonds. The Hall–Kier alpha value is -2.04. The fourth-order valence-electron chi connectivity index (χ4n) is 3.16. The van der Waals surface area contributed by atoms with Crippen molar-refractivity contribution < 1.29 is 14.7 Å². The number of hydrogen-bond acceptors (Lipinski definition) is 2. The molecule has 4 atom stereocenters. The maximum absolute atomic E-state index is 11.9. The zero-order valence-corrected chi connectivity index (χ0v) is 11.8. The number of urea groups is 1. The van der Waals surface area contributed by atoms with Crippen molar-refractivity contribution in [2.75, 3.05) is 0 Å². The quantitative estimate of drug-likeness (QED) is 0.794. The Bertz CT molecular complexity index is 532. The number of benzene rings is 1. The Morgan fingerprint density at radius 3 is 2.48 bits per heavy atom. The van der Waals surface area contributed by atoms with Gasteiger partial charge in [0.05, 0.1) is 5.92 Å². The molecule has 2 unspecified atom stereocenters. The molecule has 3 rings (SSSR count). The number of amides is 2. The molecule has 0 heterocycles. The van der Waals surface area contributed by atoms with E-state index in [1.165, 1.54) is 5.56 Å². The SMILES string of the molecule is O=C(NC1CC1c1ccccc1)N[C@H]1CC[C@@H](C(=O)O)C1. The average Bonchev–Trinajstić information content (AvgIpc) is 3.06. The molecule has 2 aliphatic carbocycles. The third-order valence-electron chi connectivity index (χ3n) is 4.45. The van der Waals surface area contributed by atoms with Crippen molar-refractivity contribution in [2.24, 2.45) is 5.92 Å². The topological polar surface area (TPSA) is 78.4 Å². The highest BCUT2D eigenvalue weighted by Crippen LogP contribution is 2.40. The molecular weight excluding hydrogens is 268 g/mol. The molecular formula is C16H20N2O3. The molecule has 2 fully saturated rings. The van der Waals surface area contributed by atoms with Crippen LogP contribution in [0.4, 0.5) is 4.79 Å². The molecule has 0 radical (unpaired) electrons. The van der Waals surface area contributed by atoms with Gasteiger partial charge in [-0.3, -0.25) is 4.79 Å². The summed E-state index contributed by atoms with van der Waals surface area (Å²) in [6.07, 6.45) is 2.91. The van der Waals surface area contributed by atoms with Gasteiger partial charge in [0, 0.05) is 18.0 Å². The average molecular weight is 288 g/mol. The van der Waals surface area contributed by atoms with Crippen LogP contribution in [0.5, 0.6) is 0 Å². The molecule has 3 N–H and O–H groups in total. The van der Waals surface area contributed by atoms with E-state index < -0.39 is 5.97 Å². The number of hydrogen-bond donors (Lipinski definition) is 3. The lowest BCUT2D eigenvalue weighted by Gasteiger charge is -2.13. The minimum Gasteiger partial charge on any atom is -0.481 e. The highest BCUT2D eigenvalue weighted by atomic mass is 16.4. The van der Waals surface area contributed by atoms with Crippen LogP contribution in [-0.4, -0.2) is 29.2 Å². The van der Waals surface area contributed by atoms with E-state index in [9.17, 15) is 9.59 Å². The first-order valence-corrected chi connectivity index (χ1v) is 7.48. The monoisotopic (exact) mass is 288 g/mol. The van der Waals surface area contributed by atoms with E-state index in [1.807, 2.05) is 18.2 Å². The van der Waals surface area contributed by atoms with Crippen molar-refractivity contribution in [2.45, 2.75) is 43.7 Å². The summed E-state index contributed by atoms with van der Waals surface area (Å²) >= 11 is 0. The molecule has 1 aromatic rings. The lowest BCUT2D eigenvalue weighted by molar-refractivity contribution is -0.141. The largest absolute Gasteiger partial charge is 0.481 e. The zero-order chi connectivity index (χ0) is 14.8. The molecule has 0 saturated heterocycles. The van der Waals surface area contributed by atoms with Gasteiger partial charge in [0.1, 0.15) is 0 Å². The van der Waals surface area contributed by atoms with Crippen LogP contribution in [0, 0.1) is 5.92 Å². The van der Waals surface area contributed by atoms with Crippen LogP contribution in [-0.2, 0) is 4.79 Å². The molecule has 21 heavy (non-hydrogen) atoms. The third kappa shape index (κ3) is 3.35. The summed E-state index contributed by atoms with van der Waals surface area (Å²) in [5.74, 6) is -0.661. The number of carbonyl (C=O) groups excluding carboxylic acids is 1. The standard InChI is InChI=1S/C16H20N2O3/c19-15(20)11-6-7-12(8-11)17-16(21)18-14-9-13(14)10-4-2-1-3-5-10/h1-5,11-14H,6-9H2,(H,19,20)(H2,17,18,21)/t11-,12+,13?,14?/m1/s1. The Morgan fingerprint density at radius 2 is 1.81 bits per heavy atom. The lowest BCUT2D eigenvalue weighted by atomic mass is 10.1. The van der Waals surface area contributed by atoms with E-state index in [4.69, 9.17) is 5.11 Å². The van der Waals surface area contributed by atoms with Gasteiger partial charge < -0.3 is 15.7 Å². The van der Waals surface area contributed by atoms with Crippen molar-refractivity contribution in [3.8, 4) is 0 Å². The predicted molar refractivity (Wildman–Crippen MR) is 78.0 cm³/mol. The van der Waals surface area contributed by atoms with Crippen molar-refractivity contribution in [3.63, 3.8) is 0 Å². The van der Waals surface area contributed by atoms with Crippen LogP contribution in [0.25, 0.3) is 0 Å². The smallest absolute Gasteiger partial charge is 0.315 e. The fourth-order valence-corrected chi connectivity index (χ4v) is 3.16. The van der Waals surface area contributed by atoms with Gasteiger partial charge in [-0.15, -0.1) is 0 Å². The molecule has 0 spiro atoms. The Labute approximate surface area is 123 Å². The minimum absolute atomic E-state index is 0.0139. The highest BCUT2D eigenvalue weighted by Gasteiger charge is 2.40. The molecule has 1 aromatic carbocycles. The Morgan fingerprint density at radius 1 is 1.05 bits per heavy atom. The van der Waals surface area contributed by atoms with Crippen molar-refractivity contribution >= 4 is 12.0 Å². The van der Waals surface area contributed by atoms with Gasteiger partial charge in [0.25, 0.3) is 0 Å². The van der Waals surface area contributed by atoms with Crippen LogP contribution in [0.15, 0.2) is 30.3 Å². The van der Waals surface area contributed by atoms with Crippen LogP contribution >= 0.6 is 0 Å². The van der Waals surface area contributed by atoms with Gasteiger partial charge in [-0.05, 0) is 31.2 Å². The van der Waals surface area contributed by atoms with E-state index in [-0.39, 0.29) is 24.0 Å². The van der Waals surface area contributed by atoms with Gasteiger partial charge >= 0.3 is 12.0 Å². The summed E-state index contributed by atoms with van der Waals surface area (Å²) in [6.45, 7) is 0. The Kier molecular flexibility index (Phi) is 3.82. The fraction of sp³-hybridized carbons (Fsp3) is 0.500. The van der Waals surface area contributed by atoms with E-state index in [1.54, 1.807) is 0 Å². The van der Waals surface area contributed by atoms with Crippen LogP contribution in [0.3, 0.4) is 0 Å². The maximum atomic E-state index is 11.9. The normalized spacial score (nSPS) is 30.7. The van der Waals surface area contributed by atoms with Gasteiger partial charge in [-0.1, -0.05) is 30.3 Å². The summed E-state index contributed by atoms with van der Waals surface area (Å²) in [5, 5.41) is 14.8. The second kappa shape index (κ2) is 5.76. The molecule has 112 valence electrons. The van der Waals surface area contributed by atoms with Gasteiger partial charge in [0.15, 0.2) is 0 Å². The number of carboxylic acids is 1. The highest BCUT2D eigenvalue weighted by molar-refractivity contribution is 5.76. The molecule has 5 heteroatoms. The van der Waals surface area contributed by atoms with E-state index in [2.05, 4.69) is 22.8 Å². The summed E-state index contributed by atoms with van der Waals surface area (Å²) in [4.78, 5) is 22.8. The Balaban J connectivity index is 1.43. The molecule has 2 aliphatic rings. The second-order valence-corrected chi connectivity index (χ2v) is 6.02. The molecule has 2 saturated carbocycles. The van der Waals surface area contributed by atoms with Gasteiger partial charge in [-0.2, -0.15) is 0 Å². The van der Waals surface area contributed by atoms with Gasteiger partial charge in [-0.25, -0.2) is 4.79 Å². The summed E-state index contributed by atoms with van der Waals surface area (Å²) in [5.41, 5.74) is 1.26.